The molecule has 1 aromatic carbocycles. The Hall–Kier alpha value is -0.540. The van der Waals surface area contributed by atoms with Crippen LogP contribution in [0, 0.1) is 0 Å². The van der Waals surface area contributed by atoms with Crippen molar-refractivity contribution in [3.63, 3.8) is 0 Å². The van der Waals surface area contributed by atoms with Crippen LogP contribution < -0.4 is 10.1 Å². The van der Waals surface area contributed by atoms with Gasteiger partial charge in [0, 0.05) is 4.47 Å². The van der Waals surface area contributed by atoms with Gasteiger partial charge in [0.15, 0.2) is 0 Å². The van der Waals surface area contributed by atoms with E-state index in [1.54, 1.807) is 0 Å². The Balaban J connectivity index is 1.95. The molecule has 0 heterocycles. The van der Waals surface area contributed by atoms with Crippen molar-refractivity contribution in [3.05, 3.63) is 28.7 Å². The zero-order chi connectivity index (χ0) is 12.3. The third-order valence-electron chi connectivity index (χ3n) is 2.58. The number of hydrogen-bond acceptors (Lipinski definition) is 2. The largest absolute Gasteiger partial charge is 0.494 e. The van der Waals surface area contributed by atoms with Crippen LogP contribution in [0.3, 0.4) is 0 Å². The molecule has 0 spiro atoms. The fourth-order valence-electron chi connectivity index (χ4n) is 1.60. The molecule has 3 heteroatoms. The van der Waals surface area contributed by atoms with Crippen molar-refractivity contribution in [2.24, 2.45) is 0 Å². The molecule has 0 aromatic heterocycles. The third kappa shape index (κ3) is 7.40. The lowest BCUT2D eigenvalue weighted by Gasteiger charge is -2.06. The molecule has 0 amide bonds. The van der Waals surface area contributed by atoms with Gasteiger partial charge in [-0.1, -0.05) is 35.7 Å². The van der Waals surface area contributed by atoms with Crippen molar-refractivity contribution in [2.75, 3.05) is 19.7 Å². The summed E-state index contributed by atoms with van der Waals surface area (Å²) in [5.41, 5.74) is 0. The van der Waals surface area contributed by atoms with Gasteiger partial charge in [0.25, 0.3) is 0 Å². The van der Waals surface area contributed by atoms with Gasteiger partial charge < -0.3 is 10.1 Å². The van der Waals surface area contributed by atoms with Crippen molar-refractivity contribution in [2.45, 2.75) is 32.6 Å². The summed E-state index contributed by atoms with van der Waals surface area (Å²) < 4.78 is 6.74. The molecule has 0 aliphatic carbocycles. The average molecular weight is 300 g/mol. The Morgan fingerprint density at radius 1 is 1.06 bits per heavy atom. The van der Waals surface area contributed by atoms with E-state index in [1.807, 2.05) is 24.3 Å². The lowest BCUT2D eigenvalue weighted by Crippen LogP contribution is -2.13. The van der Waals surface area contributed by atoms with E-state index in [-0.39, 0.29) is 0 Å². The zero-order valence-corrected chi connectivity index (χ0v) is 12.1. The lowest BCUT2D eigenvalue weighted by molar-refractivity contribution is 0.304. The zero-order valence-electron chi connectivity index (χ0n) is 10.5. The van der Waals surface area contributed by atoms with Gasteiger partial charge in [0.1, 0.15) is 5.75 Å². The Bertz CT molecular complexity index is 287. The van der Waals surface area contributed by atoms with E-state index in [4.69, 9.17) is 4.74 Å². The number of unbranched alkanes of at least 4 members (excludes halogenated alkanes) is 3. The van der Waals surface area contributed by atoms with Crippen LogP contribution in [-0.4, -0.2) is 19.7 Å². The first kappa shape index (κ1) is 14.5. The molecule has 0 bridgehead atoms. The molecule has 0 aliphatic heterocycles. The molecular formula is C14H22BrNO. The summed E-state index contributed by atoms with van der Waals surface area (Å²) >= 11 is 3.41. The number of rotatable bonds is 9. The molecule has 0 atom stereocenters. The first-order valence-corrected chi connectivity index (χ1v) is 7.21. The maximum atomic E-state index is 5.65. The number of halogens is 1. The van der Waals surface area contributed by atoms with Gasteiger partial charge in [-0.05, 0) is 50.2 Å². The molecule has 2 nitrogen and oxygen atoms in total. The Labute approximate surface area is 113 Å². The van der Waals surface area contributed by atoms with Crippen LogP contribution in [0.2, 0.25) is 0 Å². The molecule has 0 radical (unpaired) electrons. The summed E-state index contributed by atoms with van der Waals surface area (Å²) in [5.74, 6) is 0.959. The first-order chi connectivity index (χ1) is 8.33. The van der Waals surface area contributed by atoms with E-state index >= 15 is 0 Å². The second kappa shape index (κ2) is 9.49. The molecule has 0 unspecified atom stereocenters. The van der Waals surface area contributed by atoms with Gasteiger partial charge in [0.05, 0.1) is 6.61 Å². The van der Waals surface area contributed by atoms with Gasteiger partial charge in [0.2, 0.25) is 0 Å². The third-order valence-corrected chi connectivity index (χ3v) is 3.11. The highest BCUT2D eigenvalue weighted by Gasteiger charge is 1.94. The smallest absolute Gasteiger partial charge is 0.119 e. The minimum Gasteiger partial charge on any atom is -0.494 e. The minimum absolute atomic E-state index is 0.822. The second-order valence-electron chi connectivity index (χ2n) is 4.07. The van der Waals surface area contributed by atoms with Crippen molar-refractivity contribution in [3.8, 4) is 5.75 Å². The topological polar surface area (TPSA) is 21.3 Å². The van der Waals surface area contributed by atoms with Crippen LogP contribution in [0.25, 0.3) is 0 Å². The Kier molecular flexibility index (Phi) is 8.10. The van der Waals surface area contributed by atoms with E-state index < -0.39 is 0 Å². The van der Waals surface area contributed by atoms with Crippen LogP contribution in [0.5, 0.6) is 5.75 Å². The highest BCUT2D eigenvalue weighted by Crippen LogP contribution is 2.16. The molecule has 1 aromatic rings. The van der Waals surface area contributed by atoms with Crippen molar-refractivity contribution >= 4 is 15.9 Å². The van der Waals surface area contributed by atoms with Crippen LogP contribution >= 0.6 is 15.9 Å². The summed E-state index contributed by atoms with van der Waals surface area (Å²) in [7, 11) is 0. The number of nitrogens with one attached hydrogen (secondary N) is 1. The molecule has 17 heavy (non-hydrogen) atoms. The highest BCUT2D eigenvalue weighted by atomic mass is 79.9. The molecule has 0 saturated heterocycles. The van der Waals surface area contributed by atoms with Gasteiger partial charge in [-0.3, -0.25) is 0 Å². The normalized spacial score (nSPS) is 10.5. The molecule has 1 rings (SSSR count). The number of ether oxygens (including phenoxy) is 1. The second-order valence-corrected chi connectivity index (χ2v) is 4.99. The minimum atomic E-state index is 0.822. The molecule has 1 N–H and O–H groups in total. The maximum Gasteiger partial charge on any atom is 0.119 e. The van der Waals surface area contributed by atoms with Gasteiger partial charge in [-0.2, -0.15) is 0 Å². The van der Waals surface area contributed by atoms with Crippen molar-refractivity contribution < 1.29 is 4.74 Å². The monoisotopic (exact) mass is 299 g/mol. The Morgan fingerprint density at radius 3 is 2.47 bits per heavy atom. The van der Waals surface area contributed by atoms with E-state index in [0.717, 1.165) is 36.3 Å². The van der Waals surface area contributed by atoms with E-state index in [2.05, 4.69) is 28.2 Å². The maximum absolute atomic E-state index is 5.65. The SMILES string of the molecule is CCNCCCCCCOc1ccc(Br)cc1. The average Bonchev–Trinajstić information content (AvgIpc) is 2.35. The molecular weight excluding hydrogens is 278 g/mol. The van der Waals surface area contributed by atoms with Crippen LogP contribution in [0.1, 0.15) is 32.6 Å². The van der Waals surface area contributed by atoms with Crippen molar-refractivity contribution in [1.82, 2.24) is 5.32 Å². The summed E-state index contributed by atoms with van der Waals surface area (Å²) in [6.07, 6.45) is 4.95. The van der Waals surface area contributed by atoms with Gasteiger partial charge >= 0.3 is 0 Å². The quantitative estimate of drug-likeness (QED) is 0.696. The standard InChI is InChI=1S/C14H22BrNO/c1-2-16-11-5-3-4-6-12-17-14-9-7-13(15)8-10-14/h7-10,16H,2-6,11-12H2,1H3. The molecule has 96 valence electrons. The fourth-order valence-corrected chi connectivity index (χ4v) is 1.87. The molecule has 0 fully saturated rings. The van der Waals surface area contributed by atoms with E-state index in [0.29, 0.717) is 0 Å². The molecule has 0 aliphatic rings. The summed E-state index contributed by atoms with van der Waals surface area (Å²) in [6, 6.07) is 8.00. The number of hydrogen-bond donors (Lipinski definition) is 1. The van der Waals surface area contributed by atoms with Crippen molar-refractivity contribution in [1.29, 1.82) is 0 Å². The molecule has 0 saturated carbocycles. The van der Waals surface area contributed by atoms with Gasteiger partial charge in [-0.15, -0.1) is 0 Å². The summed E-state index contributed by atoms with van der Waals surface area (Å²) in [5, 5.41) is 3.33. The highest BCUT2D eigenvalue weighted by molar-refractivity contribution is 9.10. The summed E-state index contributed by atoms with van der Waals surface area (Å²) in [4.78, 5) is 0. The lowest BCUT2D eigenvalue weighted by atomic mass is 10.2. The Morgan fingerprint density at radius 2 is 1.76 bits per heavy atom. The van der Waals surface area contributed by atoms with E-state index in [9.17, 15) is 0 Å². The van der Waals surface area contributed by atoms with Gasteiger partial charge in [-0.25, -0.2) is 0 Å². The van der Waals surface area contributed by atoms with Crippen LogP contribution in [-0.2, 0) is 0 Å². The van der Waals surface area contributed by atoms with Crippen LogP contribution in [0.4, 0.5) is 0 Å². The summed E-state index contributed by atoms with van der Waals surface area (Å²) in [6.45, 7) is 5.19. The predicted molar refractivity (Wildman–Crippen MR) is 76.6 cm³/mol. The number of benzene rings is 1. The predicted octanol–water partition coefficient (Wildman–Crippen LogP) is 4.00. The van der Waals surface area contributed by atoms with E-state index in [1.165, 1.54) is 19.3 Å². The van der Waals surface area contributed by atoms with Crippen LogP contribution in [0.15, 0.2) is 28.7 Å². The first-order valence-electron chi connectivity index (χ1n) is 6.42. The fraction of sp³-hybridized carbons (Fsp3) is 0.571.